The summed E-state index contributed by atoms with van der Waals surface area (Å²) in [5, 5.41) is 12.5. The molecule has 6 heteroatoms. The van der Waals surface area contributed by atoms with E-state index in [-0.39, 0.29) is 5.57 Å². The number of rotatable bonds is 6. The summed E-state index contributed by atoms with van der Waals surface area (Å²) in [6.07, 6.45) is 2.64. The Hall–Kier alpha value is -2.71. The first-order chi connectivity index (χ1) is 12.4. The second kappa shape index (κ2) is 8.59. The molecule has 136 valence electrons. The van der Waals surface area contributed by atoms with Gasteiger partial charge in [-0.2, -0.15) is 5.26 Å². The van der Waals surface area contributed by atoms with Crippen molar-refractivity contribution in [1.82, 2.24) is 4.57 Å². The van der Waals surface area contributed by atoms with Crippen LogP contribution in [0, 0.1) is 25.2 Å². The molecule has 0 aliphatic carbocycles. The lowest BCUT2D eigenvalue weighted by Gasteiger charge is -2.08. The molecule has 2 rings (SSSR count). The molecule has 26 heavy (non-hydrogen) atoms. The number of carbonyl (C=O) groups excluding carboxylic acids is 1. The Kier molecular flexibility index (Phi) is 6.48. The molecule has 2 aromatic rings. The molecule has 0 fully saturated rings. The molecule has 1 amide bonds. The first-order valence-electron chi connectivity index (χ1n) is 8.34. The van der Waals surface area contributed by atoms with Crippen molar-refractivity contribution in [2.24, 2.45) is 0 Å². The number of ether oxygens (including phenoxy) is 1. The normalized spacial score (nSPS) is 11.2. The minimum atomic E-state index is -0.478. The van der Waals surface area contributed by atoms with Crippen molar-refractivity contribution in [2.45, 2.75) is 33.7 Å². The second-order valence-corrected chi connectivity index (χ2v) is 6.36. The molecule has 0 saturated heterocycles. The first kappa shape index (κ1) is 19.6. The van der Waals surface area contributed by atoms with E-state index < -0.39 is 5.91 Å². The van der Waals surface area contributed by atoms with Gasteiger partial charge in [0.05, 0.1) is 12.1 Å². The summed E-state index contributed by atoms with van der Waals surface area (Å²) in [6.45, 7) is 7.03. The highest BCUT2D eigenvalue weighted by Crippen LogP contribution is 2.27. The monoisotopic (exact) mass is 371 g/mol. The molecule has 0 aliphatic heterocycles. The van der Waals surface area contributed by atoms with Gasteiger partial charge in [0.25, 0.3) is 5.91 Å². The molecule has 0 spiro atoms. The Labute approximate surface area is 158 Å². The lowest BCUT2D eigenvalue weighted by atomic mass is 10.1. The summed E-state index contributed by atoms with van der Waals surface area (Å²) < 4.78 is 7.27. The average molecular weight is 372 g/mol. The fraction of sp³-hybridized carbons (Fsp3) is 0.300. The van der Waals surface area contributed by atoms with Gasteiger partial charge in [-0.15, -0.1) is 0 Å². The summed E-state index contributed by atoms with van der Waals surface area (Å²) in [5.74, 6) is 0.0399. The van der Waals surface area contributed by atoms with Crippen LogP contribution in [0.2, 0.25) is 5.02 Å². The molecule has 1 heterocycles. The zero-order valence-corrected chi connectivity index (χ0v) is 16.1. The minimum absolute atomic E-state index is 0.0358. The number of carbonyl (C=O) groups is 1. The zero-order valence-electron chi connectivity index (χ0n) is 15.4. The van der Waals surface area contributed by atoms with Gasteiger partial charge < -0.3 is 14.6 Å². The Balaban J connectivity index is 2.26. The van der Waals surface area contributed by atoms with Gasteiger partial charge in [-0.25, -0.2) is 0 Å². The summed E-state index contributed by atoms with van der Waals surface area (Å²) in [6, 6.07) is 8.88. The van der Waals surface area contributed by atoms with Gasteiger partial charge in [-0.3, -0.25) is 4.79 Å². The van der Waals surface area contributed by atoms with Crippen molar-refractivity contribution < 1.29 is 9.53 Å². The van der Waals surface area contributed by atoms with Crippen LogP contribution in [-0.2, 0) is 11.3 Å². The van der Waals surface area contributed by atoms with Crippen LogP contribution in [0.25, 0.3) is 6.08 Å². The molecular weight excluding hydrogens is 350 g/mol. The molecule has 1 aromatic heterocycles. The number of benzene rings is 1. The van der Waals surface area contributed by atoms with Crippen molar-refractivity contribution in [2.75, 3.05) is 12.4 Å². The van der Waals surface area contributed by atoms with E-state index in [9.17, 15) is 10.1 Å². The largest absolute Gasteiger partial charge is 0.495 e. The maximum absolute atomic E-state index is 12.5. The number of anilines is 1. The van der Waals surface area contributed by atoms with Crippen LogP contribution in [0.4, 0.5) is 5.69 Å². The van der Waals surface area contributed by atoms with E-state index in [2.05, 4.69) is 16.8 Å². The van der Waals surface area contributed by atoms with Crippen molar-refractivity contribution >= 4 is 29.3 Å². The molecular formula is C20H22ClN3O2. The van der Waals surface area contributed by atoms with Crippen LogP contribution in [0.1, 0.15) is 30.3 Å². The zero-order chi connectivity index (χ0) is 19.3. The highest BCUT2D eigenvalue weighted by atomic mass is 35.5. The first-order valence-corrected chi connectivity index (χ1v) is 8.72. The number of methoxy groups -OCH3 is 1. The van der Waals surface area contributed by atoms with E-state index >= 15 is 0 Å². The number of hydrogen-bond acceptors (Lipinski definition) is 3. The summed E-state index contributed by atoms with van der Waals surface area (Å²) in [4.78, 5) is 12.5. The van der Waals surface area contributed by atoms with Crippen molar-refractivity contribution in [3.05, 3.63) is 51.8 Å². The fourth-order valence-electron chi connectivity index (χ4n) is 2.79. The van der Waals surface area contributed by atoms with Gasteiger partial charge >= 0.3 is 0 Å². The second-order valence-electron chi connectivity index (χ2n) is 5.95. The lowest BCUT2D eigenvalue weighted by molar-refractivity contribution is -0.112. The van der Waals surface area contributed by atoms with Crippen molar-refractivity contribution in [3.63, 3.8) is 0 Å². The van der Waals surface area contributed by atoms with Gasteiger partial charge in [-0.1, -0.05) is 18.5 Å². The number of amides is 1. The highest BCUT2D eigenvalue weighted by Gasteiger charge is 2.13. The Morgan fingerprint density at radius 1 is 1.38 bits per heavy atom. The van der Waals surface area contributed by atoms with Crippen LogP contribution >= 0.6 is 11.6 Å². The fourth-order valence-corrected chi connectivity index (χ4v) is 3.05. The number of aryl methyl sites for hydroxylation is 1. The topological polar surface area (TPSA) is 67.0 Å². The standard InChI is InChI=1S/C20H22ClN3O2/c1-5-8-24-13(2)9-15(14(24)3)10-16(12-22)20(25)23-17-6-7-19(26-4)18(21)11-17/h6-7,9-11H,5,8H2,1-4H3,(H,23,25)/b16-10+. The molecule has 1 aromatic carbocycles. The number of nitriles is 1. The van der Waals surface area contributed by atoms with Crippen LogP contribution in [-0.4, -0.2) is 17.6 Å². The van der Waals surface area contributed by atoms with Gasteiger partial charge in [0.15, 0.2) is 0 Å². The SMILES string of the molecule is CCCn1c(C)cc(/C=C(\C#N)C(=O)Nc2ccc(OC)c(Cl)c2)c1C. The lowest BCUT2D eigenvalue weighted by Crippen LogP contribution is -2.13. The van der Waals surface area contributed by atoms with E-state index in [0.717, 1.165) is 29.9 Å². The number of hydrogen-bond donors (Lipinski definition) is 1. The third-order valence-electron chi connectivity index (χ3n) is 4.13. The Bertz CT molecular complexity index is 891. The van der Waals surface area contributed by atoms with Crippen molar-refractivity contribution in [3.8, 4) is 11.8 Å². The van der Waals surface area contributed by atoms with E-state index in [0.29, 0.717) is 16.5 Å². The molecule has 0 unspecified atom stereocenters. The van der Waals surface area contributed by atoms with Gasteiger partial charge in [0.1, 0.15) is 17.4 Å². The summed E-state index contributed by atoms with van der Waals surface area (Å²) >= 11 is 6.07. The van der Waals surface area contributed by atoms with E-state index in [1.807, 2.05) is 26.0 Å². The molecule has 5 nitrogen and oxygen atoms in total. The average Bonchev–Trinajstić information content (AvgIpc) is 2.87. The molecule has 0 bridgehead atoms. The van der Waals surface area contributed by atoms with E-state index in [1.54, 1.807) is 24.3 Å². The third kappa shape index (κ3) is 4.27. The van der Waals surface area contributed by atoms with E-state index in [4.69, 9.17) is 16.3 Å². The van der Waals surface area contributed by atoms with Crippen LogP contribution in [0.15, 0.2) is 29.8 Å². The van der Waals surface area contributed by atoms with E-state index in [1.165, 1.54) is 7.11 Å². The molecule has 0 atom stereocenters. The van der Waals surface area contributed by atoms with Gasteiger partial charge in [0, 0.05) is 23.6 Å². The predicted octanol–water partition coefficient (Wildman–Crippen LogP) is 4.72. The summed E-state index contributed by atoms with van der Waals surface area (Å²) in [5.41, 5.74) is 3.55. The van der Waals surface area contributed by atoms with Gasteiger partial charge in [-0.05, 0) is 56.2 Å². The van der Waals surface area contributed by atoms with Crippen LogP contribution in [0.3, 0.4) is 0 Å². The van der Waals surface area contributed by atoms with Crippen LogP contribution < -0.4 is 10.1 Å². The Morgan fingerprint density at radius 3 is 2.69 bits per heavy atom. The quantitative estimate of drug-likeness (QED) is 0.590. The number of aromatic nitrogens is 1. The highest BCUT2D eigenvalue weighted by molar-refractivity contribution is 6.32. The molecule has 0 aliphatic rings. The smallest absolute Gasteiger partial charge is 0.266 e. The van der Waals surface area contributed by atoms with Crippen LogP contribution in [0.5, 0.6) is 5.75 Å². The number of nitrogens with zero attached hydrogens (tertiary/aromatic N) is 2. The molecule has 0 radical (unpaired) electrons. The number of nitrogens with one attached hydrogen (secondary N) is 1. The minimum Gasteiger partial charge on any atom is -0.495 e. The van der Waals surface area contributed by atoms with Gasteiger partial charge in [0.2, 0.25) is 0 Å². The predicted molar refractivity (Wildman–Crippen MR) is 104 cm³/mol. The Morgan fingerprint density at radius 2 is 2.12 bits per heavy atom. The number of halogens is 1. The molecule has 0 saturated carbocycles. The maximum Gasteiger partial charge on any atom is 0.266 e. The maximum atomic E-state index is 12.5. The molecule has 1 N–H and O–H groups in total. The summed E-state index contributed by atoms with van der Waals surface area (Å²) in [7, 11) is 1.52. The van der Waals surface area contributed by atoms with Crippen molar-refractivity contribution in [1.29, 1.82) is 5.26 Å². The third-order valence-corrected chi connectivity index (χ3v) is 4.43.